The van der Waals surface area contributed by atoms with Crippen LogP contribution in [0.4, 0.5) is 0 Å². The molecule has 1 nitrogen and oxygen atoms in total. The summed E-state index contributed by atoms with van der Waals surface area (Å²) in [5.74, 6) is 1.32. The lowest BCUT2D eigenvalue weighted by molar-refractivity contribution is -0.109. The highest BCUT2D eigenvalue weighted by atomic mass is 16.1. The number of rotatable bonds is 3. The molecule has 0 bridgehead atoms. The molecule has 0 aliphatic heterocycles. The van der Waals surface area contributed by atoms with Crippen LogP contribution in [0.15, 0.2) is 35.5 Å². The number of carbonyl (C=O) groups is 1. The minimum absolute atomic E-state index is 0.368. The third-order valence-corrected chi connectivity index (χ3v) is 6.67. The maximum Gasteiger partial charge on any atom is 0.120 e. The van der Waals surface area contributed by atoms with E-state index >= 15 is 0 Å². The molecule has 0 aromatic carbocycles. The maximum absolute atomic E-state index is 11.0. The number of aldehydes is 1. The van der Waals surface area contributed by atoms with Crippen molar-refractivity contribution in [3.05, 3.63) is 35.5 Å². The van der Waals surface area contributed by atoms with Gasteiger partial charge in [0.2, 0.25) is 0 Å². The Morgan fingerprint density at radius 1 is 1.14 bits per heavy atom. The van der Waals surface area contributed by atoms with Crippen LogP contribution in [-0.4, -0.2) is 6.29 Å². The molecule has 0 aromatic rings. The Kier molecular flexibility index (Phi) is 4.70. The molecule has 3 fully saturated rings. The van der Waals surface area contributed by atoms with Crippen LogP contribution >= 0.6 is 0 Å². The molecule has 0 amide bonds. The second-order valence-electron chi connectivity index (χ2n) is 7.83. The number of carbonyl (C=O) groups excluding carboxylic acids is 1. The van der Waals surface area contributed by atoms with Crippen molar-refractivity contribution < 1.29 is 4.79 Å². The van der Waals surface area contributed by atoms with Crippen LogP contribution in [0.5, 0.6) is 0 Å². The van der Waals surface area contributed by atoms with E-state index in [0.717, 1.165) is 12.7 Å². The molecule has 3 rings (SSSR count). The fourth-order valence-electron chi connectivity index (χ4n) is 5.25. The molecule has 3 aliphatic carbocycles. The predicted molar refractivity (Wildman–Crippen MR) is 92.6 cm³/mol. The Morgan fingerprint density at radius 3 is 2.73 bits per heavy atom. The van der Waals surface area contributed by atoms with Crippen molar-refractivity contribution in [3.8, 4) is 0 Å². The lowest BCUT2D eigenvalue weighted by Gasteiger charge is -2.42. The van der Waals surface area contributed by atoms with Gasteiger partial charge in [-0.25, -0.2) is 0 Å². The third kappa shape index (κ3) is 2.87. The molecule has 3 aliphatic rings. The summed E-state index contributed by atoms with van der Waals surface area (Å²) in [5, 5.41) is 0. The largest absolute Gasteiger partial charge is 0.303 e. The SMILES string of the molecule is C=C1CCCC/C1=C/C=C1\CCCC2(C)C(CC=O)CC[C@@H]12. The van der Waals surface area contributed by atoms with E-state index < -0.39 is 0 Å². The van der Waals surface area contributed by atoms with Crippen LogP contribution in [0.1, 0.15) is 71.1 Å². The van der Waals surface area contributed by atoms with Gasteiger partial charge in [0.1, 0.15) is 6.29 Å². The standard InChI is InChI=1S/C21H30O/c1-16-6-3-4-7-17(16)9-10-18-8-5-14-21(2)19(13-15-22)11-12-20(18)21/h9-10,15,19-20H,1,3-8,11-14H2,2H3/b17-9-,18-10+/t19?,20-,21?/m0/s1. The van der Waals surface area contributed by atoms with Crippen LogP contribution < -0.4 is 0 Å². The van der Waals surface area contributed by atoms with Crippen LogP contribution in [0, 0.1) is 17.3 Å². The fraction of sp³-hybridized carbons (Fsp3) is 0.667. The van der Waals surface area contributed by atoms with Gasteiger partial charge in [-0.15, -0.1) is 0 Å². The van der Waals surface area contributed by atoms with Gasteiger partial charge in [-0.1, -0.05) is 36.8 Å². The summed E-state index contributed by atoms with van der Waals surface area (Å²) in [6.07, 6.45) is 18.1. The molecule has 1 heteroatoms. The van der Waals surface area contributed by atoms with Gasteiger partial charge in [-0.2, -0.15) is 0 Å². The smallest absolute Gasteiger partial charge is 0.120 e. The number of hydrogen-bond acceptors (Lipinski definition) is 1. The Hall–Kier alpha value is -1.11. The van der Waals surface area contributed by atoms with Crippen molar-refractivity contribution in [2.24, 2.45) is 17.3 Å². The minimum Gasteiger partial charge on any atom is -0.303 e. The zero-order valence-corrected chi connectivity index (χ0v) is 14.1. The lowest BCUT2D eigenvalue weighted by Crippen LogP contribution is -2.33. The minimum atomic E-state index is 0.368. The normalized spacial score (nSPS) is 39.2. The second kappa shape index (κ2) is 6.56. The highest BCUT2D eigenvalue weighted by molar-refractivity contribution is 5.50. The molecule has 0 spiro atoms. The van der Waals surface area contributed by atoms with E-state index in [9.17, 15) is 4.79 Å². The van der Waals surface area contributed by atoms with E-state index in [4.69, 9.17) is 0 Å². The van der Waals surface area contributed by atoms with E-state index in [0.29, 0.717) is 17.3 Å². The van der Waals surface area contributed by atoms with Gasteiger partial charge in [-0.3, -0.25) is 0 Å². The third-order valence-electron chi connectivity index (χ3n) is 6.67. The number of allylic oxidation sites excluding steroid dienone is 5. The van der Waals surface area contributed by atoms with E-state index in [1.54, 1.807) is 5.57 Å². The first-order chi connectivity index (χ1) is 10.6. The number of fused-ring (bicyclic) bond motifs is 1. The van der Waals surface area contributed by atoms with Crippen molar-refractivity contribution in [1.82, 2.24) is 0 Å². The average molecular weight is 298 g/mol. The summed E-state index contributed by atoms with van der Waals surface area (Å²) >= 11 is 0. The fourth-order valence-corrected chi connectivity index (χ4v) is 5.25. The van der Waals surface area contributed by atoms with E-state index in [-0.39, 0.29) is 0 Å². The van der Waals surface area contributed by atoms with Crippen molar-refractivity contribution in [2.75, 3.05) is 0 Å². The molecule has 0 aromatic heterocycles. The zero-order valence-electron chi connectivity index (χ0n) is 14.1. The van der Waals surface area contributed by atoms with Crippen LogP contribution in [-0.2, 0) is 4.79 Å². The number of hydrogen-bond donors (Lipinski definition) is 0. The summed E-state index contributed by atoms with van der Waals surface area (Å²) < 4.78 is 0. The first-order valence-electron chi connectivity index (χ1n) is 9.16. The first kappa shape index (κ1) is 15.8. The summed E-state index contributed by atoms with van der Waals surface area (Å²) in [4.78, 5) is 11.0. The summed E-state index contributed by atoms with van der Waals surface area (Å²) in [7, 11) is 0. The van der Waals surface area contributed by atoms with Crippen molar-refractivity contribution >= 4 is 6.29 Å². The predicted octanol–water partition coefficient (Wildman–Crippen LogP) is 5.77. The first-order valence-corrected chi connectivity index (χ1v) is 9.16. The van der Waals surface area contributed by atoms with Gasteiger partial charge in [-0.05, 0) is 80.6 Å². The molecule has 0 radical (unpaired) electrons. The van der Waals surface area contributed by atoms with Crippen LogP contribution in [0.2, 0.25) is 0 Å². The van der Waals surface area contributed by atoms with E-state index in [2.05, 4.69) is 25.7 Å². The highest BCUT2D eigenvalue weighted by Crippen LogP contribution is 2.58. The van der Waals surface area contributed by atoms with Gasteiger partial charge in [0.15, 0.2) is 0 Å². The molecule has 3 atom stereocenters. The molecule has 2 unspecified atom stereocenters. The van der Waals surface area contributed by atoms with Crippen molar-refractivity contribution in [3.63, 3.8) is 0 Å². The maximum atomic E-state index is 11.0. The molecule has 0 N–H and O–H groups in total. The Bertz CT molecular complexity index is 510. The lowest BCUT2D eigenvalue weighted by atomic mass is 9.63. The van der Waals surface area contributed by atoms with Crippen molar-refractivity contribution in [2.45, 2.75) is 71.1 Å². The van der Waals surface area contributed by atoms with E-state index in [1.807, 2.05) is 0 Å². The average Bonchev–Trinajstić information content (AvgIpc) is 2.84. The Balaban J connectivity index is 1.79. The summed E-state index contributed by atoms with van der Waals surface area (Å²) in [5.41, 5.74) is 4.85. The second-order valence-corrected chi connectivity index (χ2v) is 7.83. The van der Waals surface area contributed by atoms with Crippen molar-refractivity contribution in [1.29, 1.82) is 0 Å². The van der Waals surface area contributed by atoms with Gasteiger partial charge in [0.25, 0.3) is 0 Å². The monoisotopic (exact) mass is 298 g/mol. The Labute approximate surface area is 135 Å². The van der Waals surface area contributed by atoms with E-state index in [1.165, 1.54) is 68.9 Å². The van der Waals surface area contributed by atoms with Crippen LogP contribution in [0.25, 0.3) is 0 Å². The summed E-state index contributed by atoms with van der Waals surface area (Å²) in [6.45, 7) is 6.68. The highest BCUT2D eigenvalue weighted by Gasteiger charge is 2.48. The molecule has 0 saturated heterocycles. The Morgan fingerprint density at radius 2 is 1.95 bits per heavy atom. The summed E-state index contributed by atoms with van der Waals surface area (Å²) in [6, 6.07) is 0. The molecule has 120 valence electrons. The van der Waals surface area contributed by atoms with Gasteiger partial charge < -0.3 is 4.79 Å². The topological polar surface area (TPSA) is 17.1 Å². The van der Waals surface area contributed by atoms with Crippen LogP contribution in [0.3, 0.4) is 0 Å². The molecule has 3 saturated carbocycles. The zero-order chi connectivity index (χ0) is 15.6. The molecule has 22 heavy (non-hydrogen) atoms. The molecular formula is C21H30O. The van der Waals surface area contributed by atoms with Gasteiger partial charge in [0.05, 0.1) is 0 Å². The van der Waals surface area contributed by atoms with Gasteiger partial charge in [0, 0.05) is 6.42 Å². The molecule has 0 heterocycles. The molecular weight excluding hydrogens is 268 g/mol. The van der Waals surface area contributed by atoms with Gasteiger partial charge >= 0.3 is 0 Å². The quantitative estimate of drug-likeness (QED) is 0.604.